The van der Waals surface area contributed by atoms with E-state index < -0.39 is 0 Å². The number of aromatic amines is 1. The zero-order valence-electron chi connectivity index (χ0n) is 9.29. The van der Waals surface area contributed by atoms with Crippen molar-refractivity contribution >= 4 is 23.3 Å². The topological polar surface area (TPSA) is 41.8 Å². The SMILES string of the molecule is Cc1cc(C)c2[nH]c(C(C)N)cc2c1.Cl. The predicted octanol–water partition coefficient (Wildman–Crippen LogP) is 3.23. The number of nitrogens with one attached hydrogen (secondary N) is 1. The summed E-state index contributed by atoms with van der Waals surface area (Å²) in [5.41, 5.74) is 10.7. The average Bonchev–Trinajstić information content (AvgIpc) is 2.47. The second-order valence-corrected chi connectivity index (χ2v) is 4.06. The van der Waals surface area contributed by atoms with Crippen LogP contribution in [0.2, 0.25) is 0 Å². The Labute approximate surface area is 96.3 Å². The lowest BCUT2D eigenvalue weighted by atomic mass is 10.1. The minimum absolute atomic E-state index is 0. The summed E-state index contributed by atoms with van der Waals surface area (Å²) in [7, 11) is 0. The molecule has 0 fully saturated rings. The molecule has 0 saturated heterocycles. The van der Waals surface area contributed by atoms with Gasteiger partial charge < -0.3 is 10.7 Å². The van der Waals surface area contributed by atoms with E-state index in [1.165, 1.54) is 22.0 Å². The Hall–Kier alpha value is -0.990. The van der Waals surface area contributed by atoms with Crippen LogP contribution < -0.4 is 5.73 Å². The lowest BCUT2D eigenvalue weighted by Gasteiger charge is -1.99. The van der Waals surface area contributed by atoms with Gasteiger partial charge in [-0.15, -0.1) is 12.4 Å². The highest BCUT2D eigenvalue weighted by Gasteiger charge is 2.06. The Morgan fingerprint density at radius 3 is 2.47 bits per heavy atom. The van der Waals surface area contributed by atoms with Crippen molar-refractivity contribution in [1.82, 2.24) is 4.98 Å². The maximum absolute atomic E-state index is 5.83. The van der Waals surface area contributed by atoms with Crippen LogP contribution in [-0.2, 0) is 0 Å². The van der Waals surface area contributed by atoms with E-state index in [1.807, 2.05) is 6.92 Å². The van der Waals surface area contributed by atoms with Crippen LogP contribution in [0.1, 0.15) is 29.8 Å². The van der Waals surface area contributed by atoms with E-state index in [1.54, 1.807) is 0 Å². The number of hydrogen-bond acceptors (Lipinski definition) is 1. The molecule has 0 amide bonds. The average molecular weight is 225 g/mol. The van der Waals surface area contributed by atoms with Crippen molar-refractivity contribution in [2.24, 2.45) is 5.73 Å². The number of rotatable bonds is 1. The summed E-state index contributed by atoms with van der Waals surface area (Å²) in [4.78, 5) is 3.37. The van der Waals surface area contributed by atoms with Crippen LogP contribution in [0, 0.1) is 13.8 Å². The molecule has 1 heterocycles. The molecule has 0 aliphatic heterocycles. The van der Waals surface area contributed by atoms with Gasteiger partial charge in [-0.1, -0.05) is 11.6 Å². The van der Waals surface area contributed by atoms with Crippen LogP contribution in [0.4, 0.5) is 0 Å². The minimum atomic E-state index is 0. The van der Waals surface area contributed by atoms with Crippen LogP contribution in [-0.4, -0.2) is 4.98 Å². The molecule has 3 N–H and O–H groups in total. The van der Waals surface area contributed by atoms with Gasteiger partial charge in [-0.05, 0) is 38.5 Å². The number of H-pyrrole nitrogens is 1. The molecular weight excluding hydrogens is 208 g/mol. The fourth-order valence-corrected chi connectivity index (χ4v) is 1.88. The molecule has 15 heavy (non-hydrogen) atoms. The Balaban J connectivity index is 0.00000112. The first kappa shape index (κ1) is 12.1. The number of halogens is 1. The third kappa shape index (κ3) is 2.16. The molecule has 2 rings (SSSR count). The second kappa shape index (κ2) is 4.25. The first-order chi connectivity index (χ1) is 6.58. The normalized spacial score (nSPS) is 12.5. The Kier molecular flexibility index (Phi) is 3.42. The van der Waals surface area contributed by atoms with Gasteiger partial charge in [-0.25, -0.2) is 0 Å². The second-order valence-electron chi connectivity index (χ2n) is 4.06. The van der Waals surface area contributed by atoms with Gasteiger partial charge in [0.1, 0.15) is 0 Å². The van der Waals surface area contributed by atoms with E-state index in [4.69, 9.17) is 5.73 Å². The van der Waals surface area contributed by atoms with Gasteiger partial charge in [-0.3, -0.25) is 0 Å². The van der Waals surface area contributed by atoms with Crippen molar-refractivity contribution in [3.8, 4) is 0 Å². The molecule has 1 atom stereocenters. The largest absolute Gasteiger partial charge is 0.357 e. The first-order valence-electron chi connectivity index (χ1n) is 4.93. The van der Waals surface area contributed by atoms with Crippen LogP contribution in [0.15, 0.2) is 18.2 Å². The Bertz CT molecular complexity index is 472. The summed E-state index contributed by atoms with van der Waals surface area (Å²) in [6.07, 6.45) is 0. The molecule has 1 aromatic carbocycles. The predicted molar refractivity (Wildman–Crippen MR) is 67.6 cm³/mol. The van der Waals surface area contributed by atoms with Gasteiger partial charge in [0.25, 0.3) is 0 Å². The molecule has 3 heteroatoms. The van der Waals surface area contributed by atoms with Gasteiger partial charge in [0.2, 0.25) is 0 Å². The zero-order valence-corrected chi connectivity index (χ0v) is 10.1. The molecule has 0 saturated carbocycles. The highest BCUT2D eigenvalue weighted by atomic mass is 35.5. The molecule has 2 nitrogen and oxygen atoms in total. The number of fused-ring (bicyclic) bond motifs is 1. The van der Waals surface area contributed by atoms with E-state index in [2.05, 4.69) is 37.0 Å². The van der Waals surface area contributed by atoms with Crippen molar-refractivity contribution in [2.75, 3.05) is 0 Å². The van der Waals surface area contributed by atoms with Gasteiger partial charge in [-0.2, -0.15) is 0 Å². The highest BCUT2D eigenvalue weighted by molar-refractivity contribution is 5.85. The molecule has 0 bridgehead atoms. The van der Waals surface area contributed by atoms with Crippen molar-refractivity contribution < 1.29 is 0 Å². The molecule has 2 aromatic rings. The third-order valence-corrected chi connectivity index (χ3v) is 2.58. The van der Waals surface area contributed by atoms with Crippen LogP contribution in [0.3, 0.4) is 0 Å². The summed E-state index contributed by atoms with van der Waals surface area (Å²) in [6, 6.07) is 6.58. The molecule has 1 unspecified atom stereocenters. The van der Waals surface area contributed by atoms with Crippen LogP contribution in [0.25, 0.3) is 10.9 Å². The first-order valence-corrected chi connectivity index (χ1v) is 4.93. The number of aromatic nitrogens is 1. The molecule has 0 radical (unpaired) electrons. The summed E-state index contributed by atoms with van der Waals surface area (Å²) in [6.45, 7) is 6.23. The van der Waals surface area contributed by atoms with Gasteiger partial charge in [0, 0.05) is 22.6 Å². The van der Waals surface area contributed by atoms with Crippen molar-refractivity contribution in [3.63, 3.8) is 0 Å². The smallest absolute Gasteiger partial charge is 0.0486 e. The van der Waals surface area contributed by atoms with E-state index in [0.29, 0.717) is 0 Å². The minimum Gasteiger partial charge on any atom is -0.357 e. The van der Waals surface area contributed by atoms with Crippen LogP contribution >= 0.6 is 12.4 Å². The number of benzene rings is 1. The van der Waals surface area contributed by atoms with E-state index in [0.717, 1.165) is 5.69 Å². The van der Waals surface area contributed by atoms with Gasteiger partial charge >= 0.3 is 0 Å². The fraction of sp³-hybridized carbons (Fsp3) is 0.333. The number of hydrogen-bond donors (Lipinski definition) is 2. The van der Waals surface area contributed by atoms with Crippen LogP contribution in [0.5, 0.6) is 0 Å². The summed E-state index contributed by atoms with van der Waals surface area (Å²) < 4.78 is 0. The Morgan fingerprint density at radius 1 is 1.20 bits per heavy atom. The molecular formula is C12H17ClN2. The Morgan fingerprint density at radius 2 is 1.87 bits per heavy atom. The molecule has 0 aliphatic carbocycles. The summed E-state index contributed by atoms with van der Waals surface area (Å²) >= 11 is 0. The monoisotopic (exact) mass is 224 g/mol. The lowest BCUT2D eigenvalue weighted by molar-refractivity contribution is 0.792. The van der Waals surface area contributed by atoms with E-state index in [9.17, 15) is 0 Å². The van der Waals surface area contributed by atoms with E-state index >= 15 is 0 Å². The van der Waals surface area contributed by atoms with Crippen molar-refractivity contribution in [3.05, 3.63) is 35.0 Å². The standard InChI is InChI=1S/C12H16N2.ClH/c1-7-4-8(2)12-10(5-7)6-11(14-12)9(3)13;/h4-6,9,14H,13H2,1-3H3;1H. The molecule has 82 valence electrons. The number of aryl methyl sites for hydroxylation is 2. The highest BCUT2D eigenvalue weighted by Crippen LogP contribution is 2.23. The quantitative estimate of drug-likeness (QED) is 0.768. The summed E-state index contributed by atoms with van der Waals surface area (Å²) in [5, 5.41) is 1.26. The molecule has 1 aromatic heterocycles. The fourth-order valence-electron chi connectivity index (χ4n) is 1.88. The maximum atomic E-state index is 5.83. The van der Waals surface area contributed by atoms with E-state index in [-0.39, 0.29) is 18.4 Å². The zero-order chi connectivity index (χ0) is 10.3. The van der Waals surface area contributed by atoms with Crippen molar-refractivity contribution in [1.29, 1.82) is 0 Å². The van der Waals surface area contributed by atoms with Gasteiger partial charge in [0.15, 0.2) is 0 Å². The molecule has 0 spiro atoms. The summed E-state index contributed by atoms with van der Waals surface area (Å²) in [5.74, 6) is 0. The molecule has 0 aliphatic rings. The lowest BCUT2D eigenvalue weighted by Crippen LogP contribution is -2.04. The van der Waals surface area contributed by atoms with Crippen molar-refractivity contribution in [2.45, 2.75) is 26.8 Å². The number of nitrogens with two attached hydrogens (primary N) is 1. The van der Waals surface area contributed by atoms with Gasteiger partial charge in [0.05, 0.1) is 0 Å². The maximum Gasteiger partial charge on any atom is 0.0486 e. The third-order valence-electron chi connectivity index (χ3n) is 2.58.